The third-order valence-electron chi connectivity index (χ3n) is 2.82. The van der Waals surface area contributed by atoms with Crippen molar-refractivity contribution in [3.05, 3.63) is 69.4 Å². The van der Waals surface area contributed by atoms with Gasteiger partial charge < -0.3 is 5.73 Å². The molecule has 88 valence electrons. The van der Waals surface area contributed by atoms with E-state index in [2.05, 4.69) is 15.9 Å². The minimum Gasteiger partial charge on any atom is -0.320 e. The van der Waals surface area contributed by atoms with Gasteiger partial charge in [-0.1, -0.05) is 40.2 Å². The van der Waals surface area contributed by atoms with E-state index in [9.17, 15) is 4.39 Å². The molecule has 1 nitrogen and oxygen atoms in total. The molecule has 0 bridgehead atoms. The average molecular weight is 294 g/mol. The summed E-state index contributed by atoms with van der Waals surface area (Å²) in [5, 5.41) is 0. The molecule has 0 amide bonds. The fourth-order valence-corrected chi connectivity index (χ4v) is 2.22. The highest BCUT2D eigenvalue weighted by Gasteiger charge is 2.15. The number of hydrogen-bond acceptors (Lipinski definition) is 1. The van der Waals surface area contributed by atoms with Crippen LogP contribution in [0.4, 0.5) is 4.39 Å². The second-order valence-electron chi connectivity index (χ2n) is 4.00. The van der Waals surface area contributed by atoms with Gasteiger partial charge in [-0.25, -0.2) is 4.39 Å². The van der Waals surface area contributed by atoms with Crippen molar-refractivity contribution in [3.63, 3.8) is 0 Å². The van der Waals surface area contributed by atoms with E-state index in [0.29, 0.717) is 5.56 Å². The van der Waals surface area contributed by atoms with Crippen molar-refractivity contribution in [3.8, 4) is 0 Å². The third-order valence-corrected chi connectivity index (χ3v) is 3.31. The first-order chi connectivity index (χ1) is 8.09. The van der Waals surface area contributed by atoms with Crippen molar-refractivity contribution in [1.82, 2.24) is 0 Å². The molecule has 0 aromatic heterocycles. The number of hydrogen-bond donors (Lipinski definition) is 1. The van der Waals surface area contributed by atoms with Crippen molar-refractivity contribution in [2.24, 2.45) is 5.73 Å². The van der Waals surface area contributed by atoms with Crippen LogP contribution < -0.4 is 5.73 Å². The molecule has 0 saturated carbocycles. The fraction of sp³-hybridized carbons (Fsp3) is 0.143. The lowest BCUT2D eigenvalue weighted by Crippen LogP contribution is -2.14. The summed E-state index contributed by atoms with van der Waals surface area (Å²) in [4.78, 5) is 0. The highest BCUT2D eigenvalue weighted by Crippen LogP contribution is 2.27. The van der Waals surface area contributed by atoms with E-state index in [-0.39, 0.29) is 5.82 Å². The van der Waals surface area contributed by atoms with Gasteiger partial charge in [0.15, 0.2) is 0 Å². The zero-order valence-electron chi connectivity index (χ0n) is 9.45. The monoisotopic (exact) mass is 293 g/mol. The first-order valence-electron chi connectivity index (χ1n) is 5.35. The average Bonchev–Trinajstić information content (AvgIpc) is 2.32. The molecule has 0 saturated heterocycles. The minimum absolute atomic E-state index is 0.264. The van der Waals surface area contributed by atoms with Crippen LogP contribution in [-0.4, -0.2) is 0 Å². The van der Waals surface area contributed by atoms with E-state index in [1.165, 1.54) is 6.07 Å². The van der Waals surface area contributed by atoms with Crippen molar-refractivity contribution in [2.75, 3.05) is 0 Å². The molecule has 2 aromatic rings. The Balaban J connectivity index is 2.47. The van der Waals surface area contributed by atoms with E-state index in [1.807, 2.05) is 25.1 Å². The van der Waals surface area contributed by atoms with Crippen molar-refractivity contribution in [1.29, 1.82) is 0 Å². The summed E-state index contributed by atoms with van der Waals surface area (Å²) in [6.45, 7) is 1.97. The summed E-state index contributed by atoms with van der Waals surface area (Å²) in [6, 6.07) is 12.0. The predicted molar refractivity (Wildman–Crippen MR) is 71.3 cm³/mol. The summed E-state index contributed by atoms with van der Waals surface area (Å²) in [7, 11) is 0. The van der Waals surface area contributed by atoms with Crippen LogP contribution in [0.3, 0.4) is 0 Å². The van der Waals surface area contributed by atoms with Crippen LogP contribution in [0.5, 0.6) is 0 Å². The topological polar surface area (TPSA) is 26.0 Å². The van der Waals surface area contributed by atoms with Crippen molar-refractivity contribution < 1.29 is 4.39 Å². The second kappa shape index (κ2) is 4.98. The number of halogens is 2. The van der Waals surface area contributed by atoms with Gasteiger partial charge in [-0.3, -0.25) is 0 Å². The molecular weight excluding hydrogens is 281 g/mol. The number of nitrogens with two attached hydrogens (primary N) is 1. The molecule has 0 radical (unpaired) electrons. The van der Waals surface area contributed by atoms with Gasteiger partial charge in [0.1, 0.15) is 5.82 Å². The maximum atomic E-state index is 13.7. The Morgan fingerprint density at radius 2 is 1.82 bits per heavy atom. The first-order valence-corrected chi connectivity index (χ1v) is 6.15. The minimum atomic E-state index is -0.436. The number of rotatable bonds is 2. The van der Waals surface area contributed by atoms with Crippen LogP contribution in [0, 0.1) is 12.7 Å². The maximum Gasteiger partial charge on any atom is 0.128 e. The summed E-state index contributed by atoms with van der Waals surface area (Å²) in [5.74, 6) is -0.264. The lowest BCUT2D eigenvalue weighted by atomic mass is 9.95. The maximum absolute atomic E-state index is 13.7. The van der Waals surface area contributed by atoms with Crippen LogP contribution in [-0.2, 0) is 0 Å². The molecule has 1 atom stereocenters. The van der Waals surface area contributed by atoms with Crippen molar-refractivity contribution in [2.45, 2.75) is 13.0 Å². The summed E-state index contributed by atoms with van der Waals surface area (Å²) in [6.07, 6.45) is 0. The largest absolute Gasteiger partial charge is 0.320 e. The van der Waals surface area contributed by atoms with E-state index in [0.717, 1.165) is 15.6 Å². The molecule has 0 aliphatic heterocycles. The first kappa shape index (κ1) is 12.3. The SMILES string of the molecule is Cc1ccc(Br)cc1C(N)c1ccccc1F. The molecular formula is C14H13BrFN. The molecule has 1 unspecified atom stereocenters. The molecule has 17 heavy (non-hydrogen) atoms. The molecule has 2 N–H and O–H groups in total. The van der Waals surface area contributed by atoms with E-state index >= 15 is 0 Å². The summed E-state index contributed by atoms with van der Waals surface area (Å²) < 4.78 is 14.6. The summed E-state index contributed by atoms with van der Waals surface area (Å²) in [5.41, 5.74) is 8.64. The highest BCUT2D eigenvalue weighted by molar-refractivity contribution is 9.10. The van der Waals surface area contributed by atoms with Gasteiger partial charge >= 0.3 is 0 Å². The highest BCUT2D eigenvalue weighted by atomic mass is 79.9. The molecule has 0 spiro atoms. The van der Waals surface area contributed by atoms with E-state index in [4.69, 9.17) is 5.73 Å². The van der Waals surface area contributed by atoms with Gasteiger partial charge in [0.2, 0.25) is 0 Å². The summed E-state index contributed by atoms with van der Waals surface area (Å²) >= 11 is 3.41. The second-order valence-corrected chi connectivity index (χ2v) is 4.92. The lowest BCUT2D eigenvalue weighted by molar-refractivity contribution is 0.599. The normalized spacial score (nSPS) is 12.5. The molecule has 2 aromatic carbocycles. The Labute approximate surface area is 109 Å². The van der Waals surface area contributed by atoms with E-state index < -0.39 is 6.04 Å². The zero-order chi connectivity index (χ0) is 12.4. The Bertz CT molecular complexity index is 539. The van der Waals surface area contributed by atoms with Crippen LogP contribution in [0.25, 0.3) is 0 Å². The van der Waals surface area contributed by atoms with Crippen LogP contribution >= 0.6 is 15.9 Å². The predicted octanol–water partition coefficient (Wildman–Crippen LogP) is 3.94. The smallest absolute Gasteiger partial charge is 0.128 e. The van der Waals surface area contributed by atoms with Gasteiger partial charge in [0.05, 0.1) is 6.04 Å². The molecule has 0 aliphatic carbocycles. The lowest BCUT2D eigenvalue weighted by Gasteiger charge is -2.16. The van der Waals surface area contributed by atoms with Crippen LogP contribution in [0.1, 0.15) is 22.7 Å². The Morgan fingerprint density at radius 1 is 1.12 bits per heavy atom. The number of benzene rings is 2. The molecule has 0 fully saturated rings. The van der Waals surface area contributed by atoms with Crippen molar-refractivity contribution >= 4 is 15.9 Å². The van der Waals surface area contributed by atoms with E-state index in [1.54, 1.807) is 18.2 Å². The van der Waals surface area contributed by atoms with Crippen LogP contribution in [0.2, 0.25) is 0 Å². The fourth-order valence-electron chi connectivity index (χ4n) is 1.84. The van der Waals surface area contributed by atoms with Gasteiger partial charge in [0.25, 0.3) is 0 Å². The van der Waals surface area contributed by atoms with Gasteiger partial charge in [-0.2, -0.15) is 0 Å². The van der Waals surface area contributed by atoms with Crippen LogP contribution in [0.15, 0.2) is 46.9 Å². The Kier molecular flexibility index (Phi) is 3.60. The Hall–Kier alpha value is -1.19. The molecule has 2 rings (SSSR count). The standard InChI is InChI=1S/C14H13BrFN/c1-9-6-7-10(15)8-12(9)14(17)11-4-2-3-5-13(11)16/h2-8,14H,17H2,1H3. The van der Waals surface area contributed by atoms with Gasteiger partial charge in [-0.05, 0) is 36.2 Å². The van der Waals surface area contributed by atoms with Gasteiger partial charge in [-0.15, -0.1) is 0 Å². The zero-order valence-corrected chi connectivity index (χ0v) is 11.0. The molecule has 3 heteroatoms. The quantitative estimate of drug-likeness (QED) is 0.892. The molecule has 0 aliphatic rings. The molecule has 0 heterocycles. The Morgan fingerprint density at radius 3 is 2.53 bits per heavy atom. The number of aryl methyl sites for hydroxylation is 1. The third kappa shape index (κ3) is 2.56. The van der Waals surface area contributed by atoms with Gasteiger partial charge in [0, 0.05) is 10.0 Å².